The fourth-order valence-electron chi connectivity index (χ4n) is 2.87. The van der Waals surface area contributed by atoms with E-state index in [1.165, 1.54) is 26.4 Å². The Morgan fingerprint density at radius 1 is 1.04 bits per heavy atom. The van der Waals surface area contributed by atoms with E-state index < -0.39 is 5.97 Å². The number of hydrogen-bond acceptors (Lipinski definition) is 4. The van der Waals surface area contributed by atoms with E-state index in [4.69, 9.17) is 9.47 Å². The standard InChI is InChI=1S/C19H17NO4/c1-12-18(19(22)24-3)15-9-14(21)10-17(23-2)16(15)11-20(12)13-7-5-4-6-8-13/h4-11H,1-3H3. The molecule has 0 saturated carbocycles. The van der Waals surface area contributed by atoms with Gasteiger partial charge in [0.2, 0.25) is 0 Å². The molecular weight excluding hydrogens is 306 g/mol. The largest absolute Gasteiger partial charge is 0.496 e. The van der Waals surface area contributed by atoms with Gasteiger partial charge in [0.25, 0.3) is 0 Å². The Labute approximate surface area is 139 Å². The van der Waals surface area contributed by atoms with Gasteiger partial charge in [0, 0.05) is 34.8 Å². The average Bonchev–Trinajstić information content (AvgIpc) is 2.60. The molecule has 122 valence electrons. The highest BCUT2D eigenvalue weighted by Crippen LogP contribution is 2.35. The van der Waals surface area contributed by atoms with Gasteiger partial charge in [-0.05, 0) is 25.1 Å². The molecule has 1 aliphatic heterocycles. The summed E-state index contributed by atoms with van der Waals surface area (Å²) >= 11 is 0. The Balaban J connectivity index is 2.45. The van der Waals surface area contributed by atoms with E-state index in [1.807, 2.05) is 48.0 Å². The molecule has 1 aromatic rings. The number of esters is 1. The normalized spacial score (nSPS) is 10.6. The van der Waals surface area contributed by atoms with Gasteiger partial charge in [0.1, 0.15) is 5.75 Å². The van der Waals surface area contributed by atoms with Gasteiger partial charge in [-0.2, -0.15) is 0 Å². The van der Waals surface area contributed by atoms with Crippen LogP contribution in [0.2, 0.25) is 0 Å². The summed E-state index contributed by atoms with van der Waals surface area (Å²) in [6.07, 6.45) is 1.87. The molecule has 3 rings (SSSR count). The first-order valence-electron chi connectivity index (χ1n) is 7.44. The summed E-state index contributed by atoms with van der Waals surface area (Å²) in [4.78, 5) is 24.3. The van der Waals surface area contributed by atoms with Crippen molar-refractivity contribution in [3.63, 3.8) is 0 Å². The number of pyridine rings is 1. The number of methoxy groups -OCH3 is 2. The Hall–Kier alpha value is -3.08. The van der Waals surface area contributed by atoms with E-state index in [2.05, 4.69) is 0 Å². The van der Waals surface area contributed by atoms with E-state index >= 15 is 0 Å². The highest BCUT2D eigenvalue weighted by atomic mass is 16.5. The topological polar surface area (TPSA) is 57.5 Å². The van der Waals surface area contributed by atoms with Gasteiger partial charge in [-0.15, -0.1) is 0 Å². The van der Waals surface area contributed by atoms with Crippen LogP contribution in [0.25, 0.3) is 16.8 Å². The highest BCUT2D eigenvalue weighted by molar-refractivity contribution is 5.99. The van der Waals surface area contributed by atoms with Gasteiger partial charge in [0.05, 0.1) is 19.8 Å². The highest BCUT2D eigenvalue weighted by Gasteiger charge is 2.24. The van der Waals surface area contributed by atoms with Crippen molar-refractivity contribution in [2.24, 2.45) is 0 Å². The van der Waals surface area contributed by atoms with Crippen molar-refractivity contribution < 1.29 is 14.3 Å². The molecule has 0 amide bonds. The third-order valence-electron chi connectivity index (χ3n) is 4.01. The van der Waals surface area contributed by atoms with Gasteiger partial charge in [-0.3, -0.25) is 4.79 Å². The van der Waals surface area contributed by atoms with Crippen LogP contribution < -0.4 is 10.2 Å². The average molecular weight is 323 g/mol. The number of rotatable bonds is 3. The second kappa shape index (κ2) is 6.20. The number of ether oxygens (including phenoxy) is 2. The van der Waals surface area contributed by atoms with Crippen molar-refractivity contribution in [2.75, 3.05) is 14.2 Å². The Kier molecular flexibility index (Phi) is 4.08. The van der Waals surface area contributed by atoms with Crippen molar-refractivity contribution >= 4 is 5.97 Å². The maximum Gasteiger partial charge on any atom is 0.340 e. The summed E-state index contributed by atoms with van der Waals surface area (Å²) in [6.45, 7) is 1.82. The lowest BCUT2D eigenvalue weighted by atomic mass is 9.96. The predicted molar refractivity (Wildman–Crippen MR) is 91.3 cm³/mol. The molecule has 0 radical (unpaired) electrons. The Morgan fingerprint density at radius 3 is 2.38 bits per heavy atom. The zero-order valence-electron chi connectivity index (χ0n) is 13.7. The summed E-state index contributed by atoms with van der Waals surface area (Å²) in [5.41, 5.74) is 2.92. The molecule has 0 atom stereocenters. The van der Waals surface area contributed by atoms with Crippen molar-refractivity contribution in [3.05, 3.63) is 70.1 Å². The first-order valence-corrected chi connectivity index (χ1v) is 7.44. The maximum atomic E-state index is 12.4. The Bertz CT molecular complexity index is 928. The van der Waals surface area contributed by atoms with Crippen molar-refractivity contribution in [1.29, 1.82) is 0 Å². The minimum absolute atomic E-state index is 0.221. The summed E-state index contributed by atoms with van der Waals surface area (Å²) in [5, 5.41) is 0. The zero-order valence-corrected chi connectivity index (χ0v) is 13.7. The van der Waals surface area contributed by atoms with Gasteiger partial charge in [0.15, 0.2) is 5.43 Å². The first kappa shape index (κ1) is 15.8. The molecule has 2 aliphatic rings. The van der Waals surface area contributed by atoms with Crippen LogP contribution in [0.5, 0.6) is 5.75 Å². The predicted octanol–water partition coefficient (Wildman–Crippen LogP) is 3.05. The molecule has 1 heterocycles. The molecule has 0 spiro atoms. The number of carbonyl (C=O) groups is 1. The van der Waals surface area contributed by atoms with E-state index in [1.54, 1.807) is 0 Å². The molecule has 0 saturated heterocycles. The lowest BCUT2D eigenvalue weighted by molar-refractivity contribution is 0.0600. The molecule has 5 nitrogen and oxygen atoms in total. The molecule has 1 aliphatic carbocycles. The molecule has 0 bridgehead atoms. The van der Waals surface area contributed by atoms with Crippen LogP contribution in [-0.2, 0) is 4.74 Å². The van der Waals surface area contributed by atoms with Crippen molar-refractivity contribution in [1.82, 2.24) is 4.57 Å². The molecule has 1 aromatic carbocycles. The summed E-state index contributed by atoms with van der Waals surface area (Å²) < 4.78 is 12.2. The number of aromatic nitrogens is 1. The van der Waals surface area contributed by atoms with Crippen LogP contribution in [0.4, 0.5) is 0 Å². The monoisotopic (exact) mass is 323 g/mol. The Morgan fingerprint density at radius 2 is 1.75 bits per heavy atom. The van der Waals surface area contributed by atoms with E-state index in [0.29, 0.717) is 28.1 Å². The minimum Gasteiger partial charge on any atom is -0.496 e. The number of carbonyl (C=O) groups excluding carboxylic acids is 1. The van der Waals surface area contributed by atoms with E-state index in [0.717, 1.165) is 5.69 Å². The zero-order chi connectivity index (χ0) is 17.3. The number of hydrogen-bond donors (Lipinski definition) is 0. The lowest BCUT2D eigenvalue weighted by Crippen LogP contribution is -2.16. The van der Waals surface area contributed by atoms with Crippen LogP contribution in [0.1, 0.15) is 16.1 Å². The molecule has 0 unspecified atom stereocenters. The second-order valence-corrected chi connectivity index (χ2v) is 5.37. The van der Waals surface area contributed by atoms with Crippen molar-refractivity contribution in [2.45, 2.75) is 6.92 Å². The fourth-order valence-corrected chi connectivity index (χ4v) is 2.87. The minimum atomic E-state index is -0.490. The van der Waals surface area contributed by atoms with Crippen LogP contribution in [0.3, 0.4) is 0 Å². The maximum absolute atomic E-state index is 12.4. The molecular formula is C19H17NO4. The third-order valence-corrected chi connectivity index (χ3v) is 4.01. The summed E-state index contributed by atoms with van der Waals surface area (Å²) in [7, 11) is 2.82. The van der Waals surface area contributed by atoms with E-state index in [9.17, 15) is 9.59 Å². The van der Waals surface area contributed by atoms with Gasteiger partial charge in [-0.1, -0.05) is 18.2 Å². The number of para-hydroxylation sites is 1. The second-order valence-electron chi connectivity index (χ2n) is 5.37. The molecule has 24 heavy (non-hydrogen) atoms. The lowest BCUT2D eigenvalue weighted by Gasteiger charge is -2.21. The van der Waals surface area contributed by atoms with Gasteiger partial charge >= 0.3 is 5.97 Å². The number of fused-ring (bicyclic) bond motifs is 1. The SMILES string of the molecule is COC(=O)c1c2cc(=O)cc(OC)c-2cn(-c2ccccc2)c1C. The van der Waals surface area contributed by atoms with Crippen LogP contribution in [-0.4, -0.2) is 24.8 Å². The summed E-state index contributed by atoms with van der Waals surface area (Å²) in [5.74, 6) is -0.0669. The van der Waals surface area contributed by atoms with E-state index in [-0.39, 0.29) is 5.43 Å². The number of benzene rings is 2. The van der Waals surface area contributed by atoms with Crippen LogP contribution >= 0.6 is 0 Å². The van der Waals surface area contributed by atoms with Crippen LogP contribution in [0, 0.1) is 6.92 Å². The van der Waals surface area contributed by atoms with Gasteiger partial charge < -0.3 is 14.0 Å². The van der Waals surface area contributed by atoms with Crippen LogP contribution in [0.15, 0.2) is 53.5 Å². The van der Waals surface area contributed by atoms with Gasteiger partial charge in [-0.25, -0.2) is 4.79 Å². The third kappa shape index (κ3) is 2.54. The molecule has 5 heteroatoms. The smallest absolute Gasteiger partial charge is 0.340 e. The molecule has 0 aromatic heterocycles. The summed E-state index contributed by atoms with van der Waals surface area (Å²) in [6, 6.07) is 12.5. The first-order chi connectivity index (χ1) is 11.6. The van der Waals surface area contributed by atoms with Crippen molar-refractivity contribution in [3.8, 4) is 22.6 Å². The number of nitrogens with zero attached hydrogens (tertiary/aromatic N) is 1. The fraction of sp³-hybridized carbons (Fsp3) is 0.158. The molecule has 0 fully saturated rings. The quantitative estimate of drug-likeness (QED) is 0.695. The molecule has 0 N–H and O–H groups in total.